The first-order valence-corrected chi connectivity index (χ1v) is 8.08. The van der Waals surface area contributed by atoms with E-state index in [1.807, 2.05) is 0 Å². The van der Waals surface area contributed by atoms with Crippen molar-refractivity contribution in [1.29, 1.82) is 0 Å². The minimum atomic E-state index is -4.42. The maximum atomic E-state index is 13.3. The van der Waals surface area contributed by atoms with Crippen molar-refractivity contribution in [2.24, 2.45) is 0 Å². The van der Waals surface area contributed by atoms with E-state index in [4.69, 9.17) is 0 Å². The number of hydrogen-bond donors (Lipinski definition) is 1. The SMILES string of the molecule is O=C(C[C@H](c1ccccc1)C(F)(F)F)N[C@H]1CCN(C2CC2)C1. The summed E-state index contributed by atoms with van der Waals surface area (Å²) >= 11 is 0. The van der Waals surface area contributed by atoms with Crippen LogP contribution in [0, 0.1) is 0 Å². The quantitative estimate of drug-likeness (QED) is 0.902. The maximum absolute atomic E-state index is 13.3. The molecule has 0 unspecified atom stereocenters. The minimum Gasteiger partial charge on any atom is -0.352 e. The highest BCUT2D eigenvalue weighted by molar-refractivity contribution is 5.77. The molecule has 3 nitrogen and oxygen atoms in total. The molecule has 1 aromatic carbocycles. The number of halogens is 3. The van der Waals surface area contributed by atoms with Gasteiger partial charge in [-0.1, -0.05) is 30.3 Å². The molecule has 23 heavy (non-hydrogen) atoms. The minimum absolute atomic E-state index is 0.0206. The topological polar surface area (TPSA) is 32.3 Å². The molecule has 0 radical (unpaired) electrons. The summed E-state index contributed by atoms with van der Waals surface area (Å²) in [6.07, 6.45) is -1.75. The average Bonchev–Trinajstić information content (AvgIpc) is 3.25. The number of rotatable bonds is 5. The second-order valence-electron chi connectivity index (χ2n) is 6.49. The van der Waals surface area contributed by atoms with Gasteiger partial charge in [-0.3, -0.25) is 9.69 Å². The first kappa shape index (κ1) is 16.3. The van der Waals surface area contributed by atoms with Crippen LogP contribution in [-0.4, -0.2) is 42.2 Å². The molecule has 1 saturated carbocycles. The zero-order valence-electron chi connectivity index (χ0n) is 12.9. The highest BCUT2D eigenvalue weighted by Crippen LogP contribution is 2.37. The van der Waals surface area contributed by atoms with E-state index >= 15 is 0 Å². The summed E-state index contributed by atoms with van der Waals surface area (Å²) in [5.41, 5.74) is 0.140. The van der Waals surface area contributed by atoms with Crippen molar-refractivity contribution < 1.29 is 18.0 Å². The number of carbonyl (C=O) groups is 1. The van der Waals surface area contributed by atoms with Gasteiger partial charge in [0.1, 0.15) is 0 Å². The Bertz CT molecular complexity index is 543. The molecule has 1 saturated heterocycles. The number of alkyl halides is 3. The molecule has 1 aliphatic heterocycles. The van der Waals surface area contributed by atoms with Crippen LogP contribution in [0.25, 0.3) is 0 Å². The summed E-state index contributed by atoms with van der Waals surface area (Å²) in [5.74, 6) is -2.26. The summed E-state index contributed by atoms with van der Waals surface area (Å²) in [4.78, 5) is 14.4. The molecule has 6 heteroatoms. The van der Waals surface area contributed by atoms with Crippen LogP contribution in [0.1, 0.15) is 37.2 Å². The van der Waals surface area contributed by atoms with E-state index in [2.05, 4.69) is 10.2 Å². The van der Waals surface area contributed by atoms with E-state index in [0.717, 1.165) is 19.5 Å². The predicted molar refractivity (Wildman–Crippen MR) is 81.0 cm³/mol. The molecule has 2 aliphatic rings. The Labute approximate surface area is 133 Å². The van der Waals surface area contributed by atoms with Gasteiger partial charge in [-0.25, -0.2) is 0 Å². The Morgan fingerprint density at radius 1 is 1.22 bits per heavy atom. The Hall–Kier alpha value is -1.56. The lowest BCUT2D eigenvalue weighted by molar-refractivity contribution is -0.157. The summed E-state index contributed by atoms with van der Waals surface area (Å²) in [6, 6.07) is 8.26. The molecule has 0 spiro atoms. The van der Waals surface area contributed by atoms with Crippen LogP contribution >= 0.6 is 0 Å². The molecular weight excluding hydrogens is 305 g/mol. The third-order valence-corrected chi connectivity index (χ3v) is 4.63. The molecule has 1 amide bonds. The standard InChI is InChI=1S/C17H21F3N2O/c18-17(19,20)15(12-4-2-1-3-5-12)10-16(23)21-13-8-9-22(11-13)14-6-7-14/h1-5,13-15H,6-11H2,(H,21,23)/t13-,15+/m0/s1. The Morgan fingerprint density at radius 2 is 1.91 bits per heavy atom. The zero-order chi connectivity index (χ0) is 16.4. The van der Waals surface area contributed by atoms with E-state index in [1.54, 1.807) is 18.2 Å². The van der Waals surface area contributed by atoms with Crippen LogP contribution in [0.3, 0.4) is 0 Å². The fourth-order valence-electron chi connectivity index (χ4n) is 3.26. The molecule has 0 aromatic heterocycles. The molecule has 1 N–H and O–H groups in total. The van der Waals surface area contributed by atoms with E-state index in [1.165, 1.54) is 25.0 Å². The fraction of sp³-hybridized carbons (Fsp3) is 0.588. The summed E-state index contributed by atoms with van der Waals surface area (Å²) in [5, 5.41) is 2.78. The third kappa shape index (κ3) is 4.25. The summed E-state index contributed by atoms with van der Waals surface area (Å²) in [6.45, 7) is 1.69. The van der Waals surface area contributed by atoms with E-state index < -0.39 is 24.4 Å². The highest BCUT2D eigenvalue weighted by Gasteiger charge is 2.42. The van der Waals surface area contributed by atoms with Gasteiger partial charge >= 0.3 is 6.18 Å². The van der Waals surface area contributed by atoms with Crippen molar-refractivity contribution in [2.45, 2.75) is 49.9 Å². The van der Waals surface area contributed by atoms with E-state index in [9.17, 15) is 18.0 Å². The van der Waals surface area contributed by atoms with Gasteiger partial charge in [-0.15, -0.1) is 0 Å². The fourth-order valence-corrected chi connectivity index (χ4v) is 3.26. The number of likely N-dealkylation sites (tertiary alicyclic amines) is 1. The molecular formula is C17H21F3N2O. The van der Waals surface area contributed by atoms with Gasteiger partial charge in [-0.2, -0.15) is 13.2 Å². The number of nitrogens with zero attached hydrogens (tertiary/aromatic N) is 1. The van der Waals surface area contributed by atoms with Crippen LogP contribution in [0.4, 0.5) is 13.2 Å². The molecule has 1 heterocycles. The smallest absolute Gasteiger partial charge is 0.352 e. The second kappa shape index (κ2) is 6.51. The van der Waals surface area contributed by atoms with Crippen LogP contribution in [0.15, 0.2) is 30.3 Å². The molecule has 126 valence electrons. The van der Waals surface area contributed by atoms with Crippen LogP contribution < -0.4 is 5.32 Å². The van der Waals surface area contributed by atoms with Gasteiger partial charge in [0.2, 0.25) is 5.91 Å². The van der Waals surface area contributed by atoms with Crippen molar-refractivity contribution in [3.8, 4) is 0 Å². The predicted octanol–water partition coefficient (Wildman–Crippen LogP) is 3.08. The molecule has 1 aliphatic carbocycles. The largest absolute Gasteiger partial charge is 0.396 e. The normalized spacial score (nSPS) is 23.7. The Morgan fingerprint density at radius 3 is 2.52 bits per heavy atom. The Balaban J connectivity index is 1.58. The number of nitrogens with one attached hydrogen (secondary N) is 1. The first-order chi connectivity index (χ1) is 10.9. The maximum Gasteiger partial charge on any atom is 0.396 e. The summed E-state index contributed by atoms with van der Waals surface area (Å²) in [7, 11) is 0. The Kier molecular flexibility index (Phi) is 4.62. The van der Waals surface area contributed by atoms with Gasteiger partial charge in [0.25, 0.3) is 0 Å². The average molecular weight is 326 g/mol. The molecule has 2 atom stereocenters. The number of amides is 1. The van der Waals surface area contributed by atoms with Gasteiger partial charge in [0.15, 0.2) is 0 Å². The lowest BCUT2D eigenvalue weighted by Crippen LogP contribution is -2.39. The van der Waals surface area contributed by atoms with E-state index in [-0.39, 0.29) is 11.6 Å². The van der Waals surface area contributed by atoms with Crippen molar-refractivity contribution >= 4 is 5.91 Å². The van der Waals surface area contributed by atoms with Gasteiger partial charge in [0, 0.05) is 31.6 Å². The molecule has 1 aromatic rings. The van der Waals surface area contributed by atoms with Gasteiger partial charge < -0.3 is 5.32 Å². The van der Waals surface area contributed by atoms with E-state index in [0.29, 0.717) is 6.04 Å². The monoisotopic (exact) mass is 326 g/mol. The lowest BCUT2D eigenvalue weighted by atomic mass is 9.94. The van der Waals surface area contributed by atoms with Crippen LogP contribution in [0.5, 0.6) is 0 Å². The zero-order valence-corrected chi connectivity index (χ0v) is 12.9. The molecule has 2 fully saturated rings. The number of hydrogen-bond acceptors (Lipinski definition) is 2. The van der Waals surface area contributed by atoms with Crippen LogP contribution in [0.2, 0.25) is 0 Å². The lowest BCUT2D eigenvalue weighted by Gasteiger charge is -2.22. The van der Waals surface area contributed by atoms with Crippen molar-refractivity contribution in [2.75, 3.05) is 13.1 Å². The van der Waals surface area contributed by atoms with Crippen molar-refractivity contribution in [1.82, 2.24) is 10.2 Å². The molecule has 0 bridgehead atoms. The number of benzene rings is 1. The van der Waals surface area contributed by atoms with Crippen molar-refractivity contribution in [3.05, 3.63) is 35.9 Å². The van der Waals surface area contributed by atoms with Crippen molar-refractivity contribution in [3.63, 3.8) is 0 Å². The van der Waals surface area contributed by atoms with Gasteiger partial charge in [0.05, 0.1) is 5.92 Å². The summed E-state index contributed by atoms with van der Waals surface area (Å²) < 4.78 is 39.8. The molecule has 3 rings (SSSR count). The second-order valence-corrected chi connectivity index (χ2v) is 6.49. The van der Waals surface area contributed by atoms with Gasteiger partial charge in [-0.05, 0) is 24.8 Å². The first-order valence-electron chi connectivity index (χ1n) is 8.08. The van der Waals surface area contributed by atoms with Crippen LogP contribution in [-0.2, 0) is 4.79 Å². The third-order valence-electron chi connectivity index (χ3n) is 4.63. The number of carbonyl (C=O) groups excluding carboxylic acids is 1. The highest BCUT2D eigenvalue weighted by atomic mass is 19.4.